The van der Waals surface area contributed by atoms with Gasteiger partial charge in [0, 0.05) is 6.92 Å². The number of nitro groups is 1. The maximum atomic E-state index is 10.4. The van der Waals surface area contributed by atoms with E-state index in [4.69, 9.17) is 9.66 Å². The fourth-order valence-corrected chi connectivity index (χ4v) is 0.978. The highest BCUT2D eigenvalue weighted by atomic mass is 32.2. The van der Waals surface area contributed by atoms with E-state index in [0.717, 1.165) is 0 Å². The van der Waals surface area contributed by atoms with Crippen LogP contribution in [-0.2, 0) is 16.7 Å². The van der Waals surface area contributed by atoms with E-state index >= 15 is 0 Å². The highest BCUT2D eigenvalue weighted by Crippen LogP contribution is 2.12. The number of hydrogen-bond acceptors (Lipinski definition) is 6. The Bertz CT molecular complexity index is 472. The van der Waals surface area contributed by atoms with Crippen molar-refractivity contribution in [3.8, 4) is 0 Å². The number of nitrogens with zero attached hydrogens (tertiary/aromatic N) is 3. The molecule has 1 rings (SSSR count). The molecule has 2 N–H and O–H groups in total. The molecule has 17 heavy (non-hydrogen) atoms. The van der Waals surface area contributed by atoms with Gasteiger partial charge in [0.1, 0.15) is 12.7 Å². The molecule has 9 nitrogen and oxygen atoms in total. The van der Waals surface area contributed by atoms with E-state index in [1.54, 1.807) is 6.92 Å². The predicted octanol–water partition coefficient (Wildman–Crippen LogP) is -0.404. The summed E-state index contributed by atoms with van der Waals surface area (Å²) in [5.74, 6) is 0.456. The number of aromatic nitrogens is 2. The fraction of sp³-hybridized carbons (Fsp3) is 0.571. The van der Waals surface area contributed by atoms with Gasteiger partial charge in [-0.25, -0.2) is 9.55 Å². The van der Waals surface area contributed by atoms with Crippen LogP contribution < -0.4 is 0 Å². The van der Waals surface area contributed by atoms with Crippen molar-refractivity contribution in [3.05, 3.63) is 22.1 Å². The SMILES string of the molecule is CS(=O)(=O)O.Cc1ncc([N+](=O)[O-])n1CCO. The van der Waals surface area contributed by atoms with Crippen LogP contribution in [0.25, 0.3) is 0 Å². The molecule has 0 saturated carbocycles. The second-order valence-electron chi connectivity index (χ2n) is 3.03. The Morgan fingerprint density at radius 1 is 1.59 bits per heavy atom. The molecule has 0 aliphatic heterocycles. The van der Waals surface area contributed by atoms with Crippen LogP contribution in [0.1, 0.15) is 5.82 Å². The maximum absolute atomic E-state index is 10.4. The first kappa shape index (κ1) is 15.5. The average Bonchev–Trinajstić information content (AvgIpc) is 2.46. The van der Waals surface area contributed by atoms with Crippen molar-refractivity contribution in [1.29, 1.82) is 0 Å². The van der Waals surface area contributed by atoms with Gasteiger partial charge in [-0.05, 0) is 4.92 Å². The minimum Gasteiger partial charge on any atom is -0.392 e. The second-order valence-corrected chi connectivity index (χ2v) is 4.50. The number of aliphatic hydroxyl groups is 1. The van der Waals surface area contributed by atoms with Gasteiger partial charge >= 0.3 is 5.82 Å². The lowest BCUT2D eigenvalue weighted by atomic mass is 10.6. The number of aryl methyl sites for hydroxylation is 1. The Morgan fingerprint density at radius 3 is 2.41 bits per heavy atom. The largest absolute Gasteiger partial charge is 0.392 e. The normalized spacial score (nSPS) is 10.6. The number of rotatable bonds is 3. The van der Waals surface area contributed by atoms with Crippen molar-refractivity contribution >= 4 is 15.9 Å². The molecule has 10 heteroatoms. The summed E-state index contributed by atoms with van der Waals surface area (Å²) in [6, 6.07) is 0. The fourth-order valence-electron chi connectivity index (χ4n) is 0.978. The molecule has 0 radical (unpaired) electrons. The van der Waals surface area contributed by atoms with Gasteiger partial charge in [-0.2, -0.15) is 8.42 Å². The monoisotopic (exact) mass is 267 g/mol. The Hall–Kier alpha value is -1.52. The van der Waals surface area contributed by atoms with Gasteiger partial charge in [0.15, 0.2) is 5.82 Å². The lowest BCUT2D eigenvalue weighted by Gasteiger charge is -1.98. The van der Waals surface area contributed by atoms with Crippen molar-refractivity contribution in [2.75, 3.05) is 12.9 Å². The number of aliphatic hydroxyl groups excluding tert-OH is 1. The first-order chi connectivity index (χ1) is 7.66. The molecule has 0 aromatic carbocycles. The van der Waals surface area contributed by atoms with Crippen LogP contribution in [0.3, 0.4) is 0 Å². The van der Waals surface area contributed by atoms with Crippen molar-refractivity contribution in [1.82, 2.24) is 9.55 Å². The van der Waals surface area contributed by atoms with Gasteiger partial charge in [-0.1, -0.05) is 0 Å². The summed E-state index contributed by atoms with van der Waals surface area (Å²) in [6.07, 6.45) is 1.90. The van der Waals surface area contributed by atoms with Crippen molar-refractivity contribution in [3.63, 3.8) is 0 Å². The Kier molecular flexibility index (Phi) is 5.71. The number of hydrogen-bond donors (Lipinski definition) is 2. The van der Waals surface area contributed by atoms with E-state index in [1.165, 1.54) is 10.8 Å². The summed E-state index contributed by atoms with van der Waals surface area (Å²) in [6.45, 7) is 1.74. The molecule has 0 unspecified atom stereocenters. The van der Waals surface area contributed by atoms with E-state index < -0.39 is 15.0 Å². The first-order valence-electron chi connectivity index (χ1n) is 4.36. The molecule has 98 valence electrons. The van der Waals surface area contributed by atoms with E-state index in [2.05, 4.69) is 4.98 Å². The molecule has 1 aromatic rings. The summed E-state index contributed by atoms with van der Waals surface area (Å²) in [5, 5.41) is 19.0. The smallest absolute Gasteiger partial charge is 0.342 e. The Morgan fingerprint density at radius 2 is 2.06 bits per heavy atom. The minimum absolute atomic E-state index is 0.0819. The van der Waals surface area contributed by atoms with Crippen molar-refractivity contribution < 1.29 is 23.0 Å². The maximum Gasteiger partial charge on any atom is 0.342 e. The van der Waals surface area contributed by atoms with E-state index in [0.29, 0.717) is 12.1 Å². The molecule has 1 aromatic heterocycles. The Balaban J connectivity index is 0.000000437. The van der Waals surface area contributed by atoms with Crippen LogP contribution in [-0.4, -0.2) is 45.4 Å². The van der Waals surface area contributed by atoms with Crippen molar-refractivity contribution in [2.45, 2.75) is 13.5 Å². The third-order valence-corrected chi connectivity index (χ3v) is 1.54. The molecular formula is C7H13N3O6S. The lowest BCUT2D eigenvalue weighted by Crippen LogP contribution is -2.07. The third-order valence-electron chi connectivity index (χ3n) is 1.54. The molecule has 0 saturated heterocycles. The minimum atomic E-state index is -3.67. The Labute approximate surface area is 97.6 Å². The van der Waals surface area contributed by atoms with Crippen molar-refractivity contribution in [2.24, 2.45) is 0 Å². The number of imidazole rings is 1. The van der Waals surface area contributed by atoms with Gasteiger partial charge in [0.25, 0.3) is 10.1 Å². The van der Waals surface area contributed by atoms with E-state index in [9.17, 15) is 18.5 Å². The summed E-state index contributed by atoms with van der Waals surface area (Å²) in [5.41, 5.74) is 0. The lowest BCUT2D eigenvalue weighted by molar-refractivity contribution is -0.392. The van der Waals surface area contributed by atoms with Crippen LogP contribution in [0, 0.1) is 17.0 Å². The zero-order chi connectivity index (χ0) is 13.6. The summed E-state index contributed by atoms with van der Waals surface area (Å²) in [4.78, 5) is 13.6. The molecule has 0 aliphatic rings. The zero-order valence-corrected chi connectivity index (χ0v) is 10.1. The molecule has 0 spiro atoms. The van der Waals surface area contributed by atoms with Gasteiger partial charge in [-0.3, -0.25) is 4.55 Å². The van der Waals surface area contributed by atoms with E-state index in [-0.39, 0.29) is 19.0 Å². The van der Waals surface area contributed by atoms with E-state index in [1.807, 2.05) is 0 Å². The van der Waals surface area contributed by atoms with Gasteiger partial charge in [-0.15, -0.1) is 0 Å². The highest BCUT2D eigenvalue weighted by Gasteiger charge is 2.15. The molecule has 0 aliphatic carbocycles. The van der Waals surface area contributed by atoms with Gasteiger partial charge in [0.05, 0.1) is 12.9 Å². The molecular weight excluding hydrogens is 254 g/mol. The zero-order valence-electron chi connectivity index (χ0n) is 9.27. The van der Waals surface area contributed by atoms with Gasteiger partial charge < -0.3 is 15.2 Å². The van der Waals surface area contributed by atoms with Crippen LogP contribution in [0.5, 0.6) is 0 Å². The molecule has 0 fully saturated rings. The molecule has 1 heterocycles. The highest BCUT2D eigenvalue weighted by molar-refractivity contribution is 7.85. The second kappa shape index (κ2) is 6.27. The van der Waals surface area contributed by atoms with Crippen LogP contribution in [0.15, 0.2) is 6.20 Å². The quantitative estimate of drug-likeness (QED) is 0.432. The third kappa shape index (κ3) is 6.60. The summed E-state index contributed by atoms with van der Waals surface area (Å²) < 4.78 is 27.2. The predicted molar refractivity (Wildman–Crippen MR) is 58.2 cm³/mol. The standard InChI is InChI=1S/C6H9N3O3.CH4O3S/c1-5-7-4-6(9(11)12)8(5)2-3-10;1-5(2,3)4/h4,10H,2-3H2,1H3;1H3,(H,2,3,4). The first-order valence-corrected chi connectivity index (χ1v) is 6.21. The van der Waals surface area contributed by atoms with Crippen LogP contribution in [0.2, 0.25) is 0 Å². The average molecular weight is 267 g/mol. The molecule has 0 atom stereocenters. The topological polar surface area (TPSA) is 136 Å². The summed E-state index contributed by atoms with van der Waals surface area (Å²) in [7, 11) is -3.67. The molecule has 0 bridgehead atoms. The summed E-state index contributed by atoms with van der Waals surface area (Å²) >= 11 is 0. The van der Waals surface area contributed by atoms with Crippen LogP contribution in [0.4, 0.5) is 5.82 Å². The van der Waals surface area contributed by atoms with Gasteiger partial charge in [0.2, 0.25) is 0 Å². The molecule has 0 amide bonds. The van der Waals surface area contributed by atoms with Crippen LogP contribution >= 0.6 is 0 Å².